The maximum atomic E-state index is 11.7. The molecule has 0 fully saturated rings. The highest BCUT2D eigenvalue weighted by Gasteiger charge is 2.46. The maximum absolute atomic E-state index is 11.7. The Morgan fingerprint density at radius 3 is 2.30 bits per heavy atom. The van der Waals surface area contributed by atoms with Crippen molar-refractivity contribution in [2.75, 3.05) is 0 Å². The van der Waals surface area contributed by atoms with Gasteiger partial charge in [-0.15, -0.1) is 5.43 Å². The molecule has 0 spiro atoms. The second-order valence-corrected chi connectivity index (χ2v) is 1.74. The second-order valence-electron chi connectivity index (χ2n) is 1.74. The summed E-state index contributed by atoms with van der Waals surface area (Å²) in [4.78, 5) is 3.09. The summed E-state index contributed by atoms with van der Waals surface area (Å²) in [5, 5.41) is 2.93. The number of hydrogen-bond acceptors (Lipinski definition) is 3. The molecule has 0 aromatic rings. The summed E-state index contributed by atoms with van der Waals surface area (Å²) in [5.74, 6) is -0.961. The lowest BCUT2D eigenvalue weighted by molar-refractivity contribution is -0.0605. The molecule has 3 nitrogen and oxygen atoms in total. The van der Waals surface area contributed by atoms with Crippen molar-refractivity contribution in [1.29, 1.82) is 0 Å². The van der Waals surface area contributed by atoms with Crippen molar-refractivity contribution >= 4 is 11.7 Å². The van der Waals surface area contributed by atoms with E-state index >= 15 is 0 Å². The van der Waals surface area contributed by atoms with Crippen LogP contribution in [0.5, 0.6) is 0 Å². The molecule has 1 rings (SSSR count). The average molecular weight is 151 g/mol. The molecule has 0 amide bonds. The molecule has 1 aliphatic rings. The van der Waals surface area contributed by atoms with E-state index in [1.54, 1.807) is 0 Å². The average Bonchev–Trinajstić information content (AvgIpc) is 2.11. The molecule has 1 N–H and O–H groups in total. The fourth-order valence-electron chi connectivity index (χ4n) is 0.469. The van der Waals surface area contributed by atoms with Crippen LogP contribution in [0.1, 0.15) is 6.92 Å². The van der Waals surface area contributed by atoms with E-state index in [9.17, 15) is 13.2 Å². The van der Waals surface area contributed by atoms with Gasteiger partial charge in [0.2, 0.25) is 0 Å². The van der Waals surface area contributed by atoms with Crippen LogP contribution in [0.2, 0.25) is 0 Å². The molecule has 10 heavy (non-hydrogen) atoms. The van der Waals surface area contributed by atoms with Crippen LogP contribution in [-0.4, -0.2) is 17.8 Å². The number of alkyl halides is 3. The minimum atomic E-state index is -4.44. The third-order valence-electron chi connectivity index (χ3n) is 0.851. The van der Waals surface area contributed by atoms with Crippen LogP contribution in [0.25, 0.3) is 0 Å². The molecule has 1 aliphatic heterocycles. The number of amidine groups is 2. The highest BCUT2D eigenvalue weighted by Crippen LogP contribution is 2.16. The molecule has 0 atom stereocenters. The van der Waals surface area contributed by atoms with Gasteiger partial charge in [-0.1, -0.05) is 4.99 Å². The van der Waals surface area contributed by atoms with Crippen LogP contribution in [0.15, 0.2) is 5.10 Å². The Morgan fingerprint density at radius 2 is 2.10 bits per heavy atom. The first-order valence-electron chi connectivity index (χ1n) is 2.46. The lowest BCUT2D eigenvalue weighted by Gasteiger charge is -1.92. The summed E-state index contributed by atoms with van der Waals surface area (Å²) in [7, 11) is 0. The van der Waals surface area contributed by atoms with Gasteiger partial charge in [-0.2, -0.15) is 13.2 Å². The molecule has 6 heteroatoms. The van der Waals surface area contributed by atoms with Crippen molar-refractivity contribution in [2.45, 2.75) is 13.1 Å². The van der Waals surface area contributed by atoms with Gasteiger partial charge in [-0.05, 0) is 0 Å². The van der Waals surface area contributed by atoms with Gasteiger partial charge in [-0.25, -0.2) is 0 Å². The molecule has 0 aromatic heterocycles. The summed E-state index contributed by atoms with van der Waals surface area (Å²) in [6.45, 7) is 1.40. The van der Waals surface area contributed by atoms with E-state index in [4.69, 9.17) is 0 Å². The number of halogens is 3. The first-order valence-corrected chi connectivity index (χ1v) is 2.46. The second kappa shape index (κ2) is 1.96. The molecule has 0 saturated heterocycles. The molecule has 55 valence electrons. The summed E-state index contributed by atoms with van der Waals surface area (Å²) < 4.78 is 35.0. The number of aliphatic imine (C=N–C) groups is 1. The zero-order valence-electron chi connectivity index (χ0n) is 5.03. The highest BCUT2D eigenvalue weighted by molar-refractivity contribution is 6.00. The molecule has 0 aromatic carbocycles. The predicted octanol–water partition coefficient (Wildman–Crippen LogP) is 0.220. The zero-order chi connectivity index (χ0) is 7.78. The zero-order valence-corrected chi connectivity index (χ0v) is 5.03. The molecule has 1 radical (unpaired) electrons. The Morgan fingerprint density at radius 1 is 1.50 bits per heavy atom. The van der Waals surface area contributed by atoms with Gasteiger partial charge in [0, 0.05) is 6.92 Å². The Balaban J connectivity index is 2.77. The summed E-state index contributed by atoms with van der Waals surface area (Å²) in [6.07, 6.45) is -4.44. The van der Waals surface area contributed by atoms with E-state index in [-0.39, 0.29) is 5.84 Å². The van der Waals surface area contributed by atoms with E-state index in [0.29, 0.717) is 0 Å². The standard InChI is InChI=1S/C4H4F3N3/c1-2-8-3(10-9-2)4(5,6)7/h1H3,(H,9,10)/q+1. The molecule has 0 unspecified atom stereocenters. The van der Waals surface area contributed by atoms with E-state index in [0.717, 1.165) is 0 Å². The van der Waals surface area contributed by atoms with Gasteiger partial charge in [0.25, 0.3) is 5.84 Å². The Labute approximate surface area is 54.6 Å². The van der Waals surface area contributed by atoms with Crippen LogP contribution in [0.4, 0.5) is 13.2 Å². The molecular weight excluding hydrogens is 147 g/mol. The summed E-state index contributed by atoms with van der Waals surface area (Å²) in [5.41, 5.74) is 2.09. The normalized spacial score (nSPS) is 18.0. The van der Waals surface area contributed by atoms with Crippen molar-refractivity contribution in [3.05, 3.63) is 0 Å². The topological polar surface area (TPSA) is 38.5 Å². The van der Waals surface area contributed by atoms with E-state index in [1.165, 1.54) is 6.92 Å². The number of nitrogens with one attached hydrogen (secondary N) is 1. The monoisotopic (exact) mass is 151 g/mol. The van der Waals surface area contributed by atoms with Crippen molar-refractivity contribution in [3.63, 3.8) is 0 Å². The van der Waals surface area contributed by atoms with Gasteiger partial charge in [0.1, 0.15) is 0 Å². The van der Waals surface area contributed by atoms with Crippen molar-refractivity contribution in [2.24, 2.45) is 5.10 Å². The van der Waals surface area contributed by atoms with Gasteiger partial charge in [-0.3, -0.25) is 0 Å². The van der Waals surface area contributed by atoms with Crippen LogP contribution in [-0.2, 0) is 0 Å². The molecular formula is C4H4F3N3+. The van der Waals surface area contributed by atoms with Gasteiger partial charge in [0.05, 0.1) is 5.10 Å². The fraction of sp³-hybridized carbons (Fsp3) is 0.500. The minimum Gasteiger partial charge on any atom is -0.161 e. The third-order valence-corrected chi connectivity index (χ3v) is 0.851. The smallest absolute Gasteiger partial charge is 0.161 e. The van der Waals surface area contributed by atoms with E-state index < -0.39 is 12.0 Å². The van der Waals surface area contributed by atoms with Gasteiger partial charge >= 0.3 is 12.0 Å². The van der Waals surface area contributed by atoms with Gasteiger partial charge in [0.15, 0.2) is 0 Å². The predicted molar refractivity (Wildman–Crippen MR) is 29.4 cm³/mol. The van der Waals surface area contributed by atoms with Crippen molar-refractivity contribution in [3.8, 4) is 0 Å². The number of nitrogens with zero attached hydrogens (tertiary/aromatic N) is 2. The van der Waals surface area contributed by atoms with Gasteiger partial charge < -0.3 is 0 Å². The van der Waals surface area contributed by atoms with Crippen LogP contribution >= 0.6 is 0 Å². The number of rotatable bonds is 0. The van der Waals surface area contributed by atoms with Crippen molar-refractivity contribution in [1.82, 2.24) is 10.4 Å². The molecule has 0 saturated carbocycles. The Kier molecular flexibility index (Phi) is 1.38. The summed E-state index contributed by atoms with van der Waals surface area (Å²) >= 11 is 0. The number of hydrogen-bond donors (Lipinski definition) is 1. The highest BCUT2D eigenvalue weighted by atomic mass is 19.4. The van der Waals surface area contributed by atoms with Crippen LogP contribution in [0, 0.1) is 0 Å². The lowest BCUT2D eigenvalue weighted by Crippen LogP contribution is -2.25. The van der Waals surface area contributed by atoms with E-state index in [1.807, 2.05) is 0 Å². The number of hydrazone groups is 1. The Bertz CT molecular complexity index is 202. The first kappa shape index (κ1) is 7.04. The quantitative estimate of drug-likeness (QED) is 0.528. The largest absolute Gasteiger partial charge is 0.489 e. The minimum absolute atomic E-state index is 0.160. The fourth-order valence-corrected chi connectivity index (χ4v) is 0.469. The SMILES string of the molecule is CC1=[N+]C(C(F)(F)F)=NN1. The lowest BCUT2D eigenvalue weighted by atomic mass is 10.6. The van der Waals surface area contributed by atoms with Crippen LogP contribution in [0.3, 0.4) is 0 Å². The molecule has 0 aliphatic carbocycles. The van der Waals surface area contributed by atoms with E-state index in [2.05, 4.69) is 15.5 Å². The molecule has 1 heterocycles. The van der Waals surface area contributed by atoms with Crippen LogP contribution < -0.4 is 10.4 Å². The summed E-state index contributed by atoms with van der Waals surface area (Å²) in [6, 6.07) is 0. The maximum Gasteiger partial charge on any atom is 0.489 e. The van der Waals surface area contributed by atoms with Crippen molar-refractivity contribution < 1.29 is 13.2 Å². The molecule has 0 bridgehead atoms. The first-order chi connectivity index (χ1) is 4.50. The Hall–Kier alpha value is -1.07. The third kappa shape index (κ3) is 1.26.